The molecule has 0 aromatic heterocycles. The molecule has 0 bridgehead atoms. The second-order valence-electron chi connectivity index (χ2n) is 4.60. The van der Waals surface area contributed by atoms with Gasteiger partial charge >= 0.3 is 0 Å². The molecule has 0 aliphatic heterocycles. The van der Waals surface area contributed by atoms with Crippen molar-refractivity contribution in [3.8, 4) is 0 Å². The molecule has 1 atom stereocenters. The Hall–Kier alpha value is -0.830. The SMILES string of the molecule is OC(CCCl)(Cc1ccccc1Br)c1ccccc1. The van der Waals surface area contributed by atoms with Crippen LogP contribution in [-0.2, 0) is 12.0 Å². The third-order valence-corrected chi connectivity index (χ3v) is 4.22. The fraction of sp³-hybridized carbons (Fsp3) is 0.250. The Kier molecular flexibility index (Phi) is 5.03. The highest BCUT2D eigenvalue weighted by atomic mass is 79.9. The van der Waals surface area contributed by atoms with E-state index in [-0.39, 0.29) is 0 Å². The predicted molar refractivity (Wildman–Crippen MR) is 83.5 cm³/mol. The minimum Gasteiger partial charge on any atom is -0.385 e. The van der Waals surface area contributed by atoms with Gasteiger partial charge in [0.1, 0.15) is 0 Å². The van der Waals surface area contributed by atoms with Gasteiger partial charge in [0.2, 0.25) is 0 Å². The van der Waals surface area contributed by atoms with Crippen LogP contribution in [0.5, 0.6) is 0 Å². The summed E-state index contributed by atoms with van der Waals surface area (Å²) < 4.78 is 1.01. The minimum absolute atomic E-state index is 0.426. The summed E-state index contributed by atoms with van der Waals surface area (Å²) in [5, 5.41) is 11.0. The van der Waals surface area contributed by atoms with E-state index in [2.05, 4.69) is 15.9 Å². The van der Waals surface area contributed by atoms with Crippen molar-refractivity contribution in [1.29, 1.82) is 0 Å². The lowest BCUT2D eigenvalue weighted by Gasteiger charge is -2.28. The van der Waals surface area contributed by atoms with Crippen molar-refractivity contribution in [2.24, 2.45) is 0 Å². The highest BCUT2D eigenvalue weighted by Crippen LogP contribution is 2.32. The van der Waals surface area contributed by atoms with Crippen molar-refractivity contribution in [3.05, 3.63) is 70.2 Å². The number of rotatable bonds is 5. The van der Waals surface area contributed by atoms with E-state index in [1.807, 2.05) is 54.6 Å². The maximum atomic E-state index is 11.0. The lowest BCUT2D eigenvalue weighted by molar-refractivity contribution is 0.0335. The zero-order valence-corrected chi connectivity index (χ0v) is 12.9. The van der Waals surface area contributed by atoms with Gasteiger partial charge in [-0.1, -0.05) is 64.5 Å². The average molecular weight is 340 g/mol. The van der Waals surface area contributed by atoms with E-state index in [4.69, 9.17) is 11.6 Å². The van der Waals surface area contributed by atoms with Crippen LogP contribution in [0.15, 0.2) is 59.1 Å². The number of alkyl halides is 1. The fourth-order valence-electron chi connectivity index (χ4n) is 2.20. The number of hydrogen-bond acceptors (Lipinski definition) is 1. The normalized spacial score (nSPS) is 14.1. The summed E-state index contributed by atoms with van der Waals surface area (Å²) >= 11 is 9.40. The van der Waals surface area contributed by atoms with E-state index in [0.717, 1.165) is 15.6 Å². The van der Waals surface area contributed by atoms with E-state index < -0.39 is 5.60 Å². The van der Waals surface area contributed by atoms with E-state index in [9.17, 15) is 5.11 Å². The van der Waals surface area contributed by atoms with Gasteiger partial charge in [-0.3, -0.25) is 0 Å². The van der Waals surface area contributed by atoms with Gasteiger partial charge in [0.15, 0.2) is 0 Å². The first-order chi connectivity index (χ1) is 9.15. The molecule has 2 aromatic rings. The molecule has 19 heavy (non-hydrogen) atoms. The third-order valence-electron chi connectivity index (χ3n) is 3.26. The van der Waals surface area contributed by atoms with Crippen molar-refractivity contribution in [2.45, 2.75) is 18.4 Å². The molecule has 0 amide bonds. The molecule has 2 rings (SSSR count). The quantitative estimate of drug-likeness (QED) is 0.795. The lowest BCUT2D eigenvalue weighted by atomic mass is 9.85. The molecule has 0 fully saturated rings. The van der Waals surface area contributed by atoms with Gasteiger partial charge in [-0.25, -0.2) is 0 Å². The molecule has 0 saturated carbocycles. The maximum absolute atomic E-state index is 11.0. The Balaban J connectivity index is 2.33. The molecule has 1 nitrogen and oxygen atoms in total. The Morgan fingerprint density at radius 2 is 1.63 bits per heavy atom. The molecule has 0 spiro atoms. The van der Waals surface area contributed by atoms with Crippen molar-refractivity contribution in [3.63, 3.8) is 0 Å². The summed E-state index contributed by atoms with van der Waals surface area (Å²) in [6.45, 7) is 0. The third kappa shape index (κ3) is 3.59. The molecule has 1 N–H and O–H groups in total. The Bertz CT molecular complexity index is 529. The molecule has 100 valence electrons. The zero-order chi connectivity index (χ0) is 13.7. The predicted octanol–water partition coefficient (Wildman–Crippen LogP) is 4.51. The molecule has 0 radical (unpaired) electrons. The number of hydrogen-bond donors (Lipinski definition) is 1. The second kappa shape index (κ2) is 6.56. The Morgan fingerprint density at radius 1 is 1.00 bits per heavy atom. The van der Waals surface area contributed by atoms with E-state index >= 15 is 0 Å². The van der Waals surface area contributed by atoms with Gasteiger partial charge in [-0.15, -0.1) is 11.6 Å². The van der Waals surface area contributed by atoms with E-state index in [1.54, 1.807) is 0 Å². The molecular weight excluding hydrogens is 324 g/mol. The van der Waals surface area contributed by atoms with Crippen molar-refractivity contribution < 1.29 is 5.11 Å². The fourth-order valence-corrected chi connectivity index (χ4v) is 2.93. The summed E-state index contributed by atoms with van der Waals surface area (Å²) in [6.07, 6.45) is 1.07. The van der Waals surface area contributed by atoms with Crippen LogP contribution in [0.2, 0.25) is 0 Å². The van der Waals surface area contributed by atoms with Crippen LogP contribution in [0.25, 0.3) is 0 Å². The molecule has 3 heteroatoms. The van der Waals surface area contributed by atoms with Crippen LogP contribution >= 0.6 is 27.5 Å². The van der Waals surface area contributed by atoms with Crippen LogP contribution in [0.3, 0.4) is 0 Å². The zero-order valence-electron chi connectivity index (χ0n) is 10.5. The molecule has 0 heterocycles. The van der Waals surface area contributed by atoms with Gasteiger partial charge in [-0.2, -0.15) is 0 Å². The Labute approximate surface area is 127 Å². The first-order valence-corrected chi connectivity index (χ1v) is 7.56. The summed E-state index contributed by atoms with van der Waals surface area (Å²) in [6, 6.07) is 17.7. The van der Waals surface area contributed by atoms with Gasteiger partial charge in [0.25, 0.3) is 0 Å². The average Bonchev–Trinajstić information content (AvgIpc) is 2.43. The largest absolute Gasteiger partial charge is 0.385 e. The highest BCUT2D eigenvalue weighted by molar-refractivity contribution is 9.10. The standard InChI is InChI=1S/C16H16BrClO/c17-15-9-5-4-6-13(15)12-16(19,10-11-18)14-7-2-1-3-8-14/h1-9,19H,10-12H2. The van der Waals surface area contributed by atoms with Crippen LogP contribution < -0.4 is 0 Å². The van der Waals surface area contributed by atoms with Crippen LogP contribution in [-0.4, -0.2) is 11.0 Å². The minimum atomic E-state index is -0.924. The van der Waals surface area contributed by atoms with Crippen molar-refractivity contribution in [2.75, 3.05) is 5.88 Å². The molecule has 2 aromatic carbocycles. The van der Waals surface area contributed by atoms with Gasteiger partial charge in [0, 0.05) is 16.8 Å². The molecular formula is C16H16BrClO. The van der Waals surface area contributed by atoms with E-state index in [0.29, 0.717) is 18.7 Å². The molecule has 0 aliphatic rings. The first-order valence-electron chi connectivity index (χ1n) is 6.23. The van der Waals surface area contributed by atoms with Crippen molar-refractivity contribution in [1.82, 2.24) is 0 Å². The van der Waals surface area contributed by atoms with Crippen molar-refractivity contribution >= 4 is 27.5 Å². The number of aliphatic hydroxyl groups is 1. The van der Waals surface area contributed by atoms with Gasteiger partial charge < -0.3 is 5.11 Å². The summed E-state index contributed by atoms with van der Waals surface area (Å²) in [5.41, 5.74) is 1.07. The van der Waals surface area contributed by atoms with Crippen LogP contribution in [0.4, 0.5) is 0 Å². The van der Waals surface area contributed by atoms with Crippen LogP contribution in [0, 0.1) is 0 Å². The lowest BCUT2D eigenvalue weighted by Crippen LogP contribution is -2.29. The van der Waals surface area contributed by atoms with Gasteiger partial charge in [-0.05, 0) is 23.6 Å². The number of halogens is 2. The summed E-state index contributed by atoms with van der Waals surface area (Å²) in [5.74, 6) is 0.426. The van der Waals surface area contributed by atoms with Gasteiger partial charge in [0.05, 0.1) is 5.60 Å². The Morgan fingerprint density at radius 3 is 2.26 bits per heavy atom. The number of benzene rings is 2. The smallest absolute Gasteiger partial charge is 0.0948 e. The van der Waals surface area contributed by atoms with Crippen LogP contribution in [0.1, 0.15) is 17.5 Å². The monoisotopic (exact) mass is 338 g/mol. The second-order valence-corrected chi connectivity index (χ2v) is 5.84. The summed E-state index contributed by atoms with van der Waals surface area (Å²) in [7, 11) is 0. The molecule has 0 aliphatic carbocycles. The summed E-state index contributed by atoms with van der Waals surface area (Å²) in [4.78, 5) is 0. The maximum Gasteiger partial charge on any atom is 0.0948 e. The highest BCUT2D eigenvalue weighted by Gasteiger charge is 2.29. The first kappa shape index (κ1) is 14.6. The molecule has 1 unspecified atom stereocenters. The molecule has 0 saturated heterocycles. The topological polar surface area (TPSA) is 20.2 Å². The van der Waals surface area contributed by atoms with E-state index in [1.165, 1.54) is 0 Å².